The van der Waals surface area contributed by atoms with Crippen molar-refractivity contribution in [2.45, 2.75) is 50.6 Å². The lowest BCUT2D eigenvalue weighted by molar-refractivity contribution is -0.137. The van der Waals surface area contributed by atoms with Crippen molar-refractivity contribution in [3.05, 3.63) is 53.1 Å². The van der Waals surface area contributed by atoms with Gasteiger partial charge in [-0.25, -0.2) is 4.98 Å². The van der Waals surface area contributed by atoms with Gasteiger partial charge in [-0.3, -0.25) is 0 Å². The zero-order valence-corrected chi connectivity index (χ0v) is 13.5. The maximum Gasteiger partial charge on any atom is 0.416 e. The van der Waals surface area contributed by atoms with Crippen LogP contribution in [0.2, 0.25) is 0 Å². The molecule has 130 valence electrons. The molecule has 3 N–H and O–H groups in total. The van der Waals surface area contributed by atoms with Crippen LogP contribution < -0.4 is 5.32 Å². The summed E-state index contributed by atoms with van der Waals surface area (Å²) in [4.78, 5) is 7.32. The first-order chi connectivity index (χ1) is 11.2. The highest BCUT2D eigenvalue weighted by atomic mass is 19.4. The number of aliphatic hydroxyl groups is 1. The highest BCUT2D eigenvalue weighted by Crippen LogP contribution is 2.41. The molecule has 3 rings (SSSR count). The molecule has 1 aromatic heterocycles. The van der Waals surface area contributed by atoms with Crippen molar-refractivity contribution in [1.82, 2.24) is 15.3 Å². The van der Waals surface area contributed by atoms with Gasteiger partial charge in [-0.15, -0.1) is 0 Å². The summed E-state index contributed by atoms with van der Waals surface area (Å²) in [6.45, 7) is 3.85. The normalized spacial score (nSPS) is 28.1. The molecule has 2 heterocycles. The van der Waals surface area contributed by atoms with E-state index in [-0.39, 0.29) is 12.1 Å². The molecule has 0 radical (unpaired) electrons. The SMILES string of the molecule is Cc1[nH]cnc1C1CC(O)(c2ccc(C(F)(F)F)cc2)CC(C)N1. The summed E-state index contributed by atoms with van der Waals surface area (Å²) in [5.74, 6) is 0. The van der Waals surface area contributed by atoms with Gasteiger partial charge in [0.05, 0.1) is 29.2 Å². The maximum atomic E-state index is 12.7. The number of aryl methyl sites for hydroxylation is 1. The Hall–Kier alpha value is -1.86. The molecule has 1 fully saturated rings. The topological polar surface area (TPSA) is 60.9 Å². The molecular formula is C17H20F3N3O. The van der Waals surface area contributed by atoms with Crippen LogP contribution in [0.4, 0.5) is 13.2 Å². The van der Waals surface area contributed by atoms with E-state index < -0.39 is 17.3 Å². The Labute approximate surface area is 138 Å². The standard InChI is InChI=1S/C17H20F3N3O/c1-10-7-16(24,8-14(23-10)15-11(2)21-9-22-15)12-3-5-13(6-4-12)17(18,19)20/h3-6,9-10,14,23-24H,7-8H2,1-2H3,(H,21,22). The number of alkyl halides is 3. The highest BCUT2D eigenvalue weighted by Gasteiger charge is 2.41. The number of piperidine rings is 1. The van der Waals surface area contributed by atoms with Gasteiger partial charge < -0.3 is 15.4 Å². The van der Waals surface area contributed by atoms with Crippen LogP contribution in [-0.4, -0.2) is 21.1 Å². The van der Waals surface area contributed by atoms with Gasteiger partial charge in [-0.2, -0.15) is 13.2 Å². The summed E-state index contributed by atoms with van der Waals surface area (Å²) in [6, 6.07) is 4.63. The molecule has 1 saturated heterocycles. The number of aromatic nitrogens is 2. The first-order valence-corrected chi connectivity index (χ1v) is 7.85. The van der Waals surface area contributed by atoms with E-state index in [1.54, 1.807) is 6.33 Å². The van der Waals surface area contributed by atoms with Gasteiger partial charge in [-0.05, 0) is 38.0 Å². The second-order valence-corrected chi connectivity index (χ2v) is 6.55. The molecular weight excluding hydrogens is 319 g/mol. The average Bonchev–Trinajstić information content (AvgIpc) is 2.92. The Morgan fingerprint density at radius 3 is 2.42 bits per heavy atom. The summed E-state index contributed by atoms with van der Waals surface area (Å²) in [5.41, 5.74) is 0.340. The van der Waals surface area contributed by atoms with Crippen LogP contribution in [0.3, 0.4) is 0 Å². The number of rotatable bonds is 2. The van der Waals surface area contributed by atoms with Crippen molar-refractivity contribution in [3.8, 4) is 0 Å². The van der Waals surface area contributed by atoms with Crippen molar-refractivity contribution >= 4 is 0 Å². The molecule has 24 heavy (non-hydrogen) atoms. The molecule has 4 nitrogen and oxygen atoms in total. The fourth-order valence-corrected chi connectivity index (χ4v) is 3.49. The summed E-state index contributed by atoms with van der Waals surface area (Å²) < 4.78 is 38.2. The van der Waals surface area contributed by atoms with Crippen LogP contribution >= 0.6 is 0 Å². The van der Waals surface area contributed by atoms with E-state index in [1.165, 1.54) is 12.1 Å². The van der Waals surface area contributed by atoms with Gasteiger partial charge in [0.25, 0.3) is 0 Å². The molecule has 7 heteroatoms. The minimum atomic E-state index is -4.38. The van der Waals surface area contributed by atoms with Crippen molar-refractivity contribution < 1.29 is 18.3 Å². The molecule has 1 aromatic carbocycles. The van der Waals surface area contributed by atoms with Crippen LogP contribution in [-0.2, 0) is 11.8 Å². The number of aromatic amines is 1. The molecule has 1 aliphatic heterocycles. The van der Waals surface area contributed by atoms with Crippen LogP contribution in [0, 0.1) is 6.92 Å². The molecule has 0 amide bonds. The van der Waals surface area contributed by atoms with E-state index >= 15 is 0 Å². The van der Waals surface area contributed by atoms with Gasteiger partial charge in [0.2, 0.25) is 0 Å². The molecule has 2 aromatic rings. The highest BCUT2D eigenvalue weighted by molar-refractivity contribution is 5.30. The van der Waals surface area contributed by atoms with E-state index in [0.717, 1.165) is 23.5 Å². The second-order valence-electron chi connectivity index (χ2n) is 6.55. The molecule has 3 atom stereocenters. The number of nitrogens with zero attached hydrogens (tertiary/aromatic N) is 1. The molecule has 0 saturated carbocycles. The smallest absolute Gasteiger partial charge is 0.385 e. The van der Waals surface area contributed by atoms with Gasteiger partial charge in [-0.1, -0.05) is 12.1 Å². The third kappa shape index (κ3) is 3.18. The fourth-order valence-electron chi connectivity index (χ4n) is 3.49. The van der Waals surface area contributed by atoms with Gasteiger partial charge >= 0.3 is 6.18 Å². The Bertz CT molecular complexity index is 711. The van der Waals surface area contributed by atoms with E-state index in [1.807, 2.05) is 13.8 Å². The van der Waals surface area contributed by atoms with Crippen LogP contribution in [0.25, 0.3) is 0 Å². The second kappa shape index (κ2) is 5.89. The Morgan fingerprint density at radius 2 is 1.88 bits per heavy atom. The van der Waals surface area contributed by atoms with Crippen molar-refractivity contribution in [1.29, 1.82) is 0 Å². The number of hydrogen-bond donors (Lipinski definition) is 3. The number of H-pyrrole nitrogens is 1. The monoisotopic (exact) mass is 339 g/mol. The molecule has 0 spiro atoms. The number of hydrogen-bond acceptors (Lipinski definition) is 3. The largest absolute Gasteiger partial charge is 0.416 e. The quantitative estimate of drug-likeness (QED) is 0.785. The Balaban J connectivity index is 1.89. The predicted octanol–water partition coefficient (Wildman–Crippen LogP) is 3.44. The van der Waals surface area contributed by atoms with Crippen molar-refractivity contribution in [2.24, 2.45) is 0 Å². The van der Waals surface area contributed by atoms with E-state index in [2.05, 4.69) is 15.3 Å². The third-order valence-corrected chi connectivity index (χ3v) is 4.62. The zero-order chi connectivity index (χ0) is 17.5. The lowest BCUT2D eigenvalue weighted by Crippen LogP contribution is -2.47. The molecule has 0 aliphatic carbocycles. The third-order valence-electron chi connectivity index (χ3n) is 4.62. The van der Waals surface area contributed by atoms with Crippen LogP contribution in [0.5, 0.6) is 0 Å². The zero-order valence-electron chi connectivity index (χ0n) is 13.5. The minimum Gasteiger partial charge on any atom is -0.385 e. The van der Waals surface area contributed by atoms with Gasteiger partial charge in [0.1, 0.15) is 0 Å². The molecule has 0 bridgehead atoms. The number of halogens is 3. The summed E-state index contributed by atoms with van der Waals surface area (Å²) in [7, 11) is 0. The Kier molecular flexibility index (Phi) is 4.17. The lowest BCUT2D eigenvalue weighted by atomic mass is 9.78. The number of imidazole rings is 1. The Morgan fingerprint density at radius 1 is 1.21 bits per heavy atom. The first kappa shape index (κ1) is 17.0. The summed E-state index contributed by atoms with van der Waals surface area (Å²) in [6.07, 6.45) is -1.99. The minimum absolute atomic E-state index is 0.00661. The van der Waals surface area contributed by atoms with E-state index in [0.29, 0.717) is 18.4 Å². The lowest BCUT2D eigenvalue weighted by Gasteiger charge is -2.41. The van der Waals surface area contributed by atoms with E-state index in [9.17, 15) is 18.3 Å². The van der Waals surface area contributed by atoms with Gasteiger partial charge in [0.15, 0.2) is 0 Å². The molecule has 1 aliphatic rings. The average molecular weight is 339 g/mol. The maximum absolute atomic E-state index is 12.7. The summed E-state index contributed by atoms with van der Waals surface area (Å²) in [5, 5.41) is 14.5. The summed E-state index contributed by atoms with van der Waals surface area (Å²) >= 11 is 0. The first-order valence-electron chi connectivity index (χ1n) is 7.85. The number of benzene rings is 1. The van der Waals surface area contributed by atoms with Crippen LogP contribution in [0.15, 0.2) is 30.6 Å². The van der Waals surface area contributed by atoms with Crippen molar-refractivity contribution in [2.75, 3.05) is 0 Å². The van der Waals surface area contributed by atoms with Gasteiger partial charge in [0, 0.05) is 18.2 Å². The van der Waals surface area contributed by atoms with Crippen molar-refractivity contribution in [3.63, 3.8) is 0 Å². The predicted molar refractivity (Wildman–Crippen MR) is 83.2 cm³/mol. The molecule has 3 unspecified atom stereocenters. The van der Waals surface area contributed by atoms with E-state index in [4.69, 9.17) is 0 Å². The fraction of sp³-hybridized carbons (Fsp3) is 0.471. The number of nitrogens with one attached hydrogen (secondary N) is 2. The van der Waals surface area contributed by atoms with Crippen LogP contribution in [0.1, 0.15) is 48.3 Å².